The quantitative estimate of drug-likeness (QED) is 0.740. The van der Waals surface area contributed by atoms with Crippen LogP contribution in [0.1, 0.15) is 13.9 Å². The molecule has 26 heavy (non-hydrogen) atoms. The Bertz CT molecular complexity index is 1040. The zero-order chi connectivity index (χ0) is 18.7. The number of halogens is 1. The molecule has 3 aromatic rings. The number of nitrogens with zero attached hydrogens (tertiary/aromatic N) is 2. The lowest BCUT2D eigenvalue weighted by Crippen LogP contribution is -2.07. The first-order chi connectivity index (χ1) is 12.4. The van der Waals surface area contributed by atoms with Gasteiger partial charge in [-0.3, -0.25) is 4.98 Å². The molecule has 0 radical (unpaired) electrons. The maximum atomic E-state index is 14.6. The molecule has 1 aromatic heterocycles. The molecule has 0 fully saturated rings. The lowest BCUT2D eigenvalue weighted by molar-refractivity contribution is 0.596. The van der Waals surface area contributed by atoms with Crippen molar-refractivity contribution in [1.82, 2.24) is 9.97 Å². The van der Waals surface area contributed by atoms with E-state index in [1.54, 1.807) is 43.3 Å². The number of nitrogens with two attached hydrogens (primary N) is 1. The summed E-state index contributed by atoms with van der Waals surface area (Å²) in [5.41, 5.74) is 8.14. The van der Waals surface area contributed by atoms with Gasteiger partial charge in [-0.15, -0.1) is 0 Å². The van der Waals surface area contributed by atoms with Crippen molar-refractivity contribution in [2.45, 2.75) is 12.7 Å². The molecule has 3 rings (SSSR count). The van der Waals surface area contributed by atoms with Crippen molar-refractivity contribution in [2.75, 3.05) is 11.5 Å². The van der Waals surface area contributed by atoms with Crippen LogP contribution < -0.4 is 5.73 Å². The van der Waals surface area contributed by atoms with E-state index < -0.39 is 15.7 Å². The standard InChI is InChI=1S/C19H18FN3O2S/c1-2-26(24,25)12-14-5-3-4-6-15(14)13-7-8-16(17(20)9-13)18-10-23-19(21)11-22-18/h3-11H,2,12H2,1H3,(H2,21,23)/p+1. The van der Waals surface area contributed by atoms with Crippen molar-refractivity contribution in [3.05, 3.63) is 66.2 Å². The third-order valence-electron chi connectivity index (χ3n) is 4.06. The molecular weight excluding hydrogens is 353 g/mol. The molecule has 0 atom stereocenters. The predicted molar refractivity (Wildman–Crippen MR) is 102 cm³/mol. The molecule has 0 aliphatic rings. The Morgan fingerprint density at radius 3 is 2.50 bits per heavy atom. The Kier molecular flexibility index (Phi) is 4.99. The van der Waals surface area contributed by atoms with Gasteiger partial charge in [0.1, 0.15) is 11.6 Å². The van der Waals surface area contributed by atoms with Crippen LogP contribution in [0.2, 0.25) is 0 Å². The Labute approximate surface area is 153 Å². The number of anilines is 1. The first-order valence-corrected chi connectivity index (χ1v) is 9.88. The van der Waals surface area contributed by atoms with Gasteiger partial charge in [0, 0.05) is 11.3 Å². The molecule has 7 heteroatoms. The van der Waals surface area contributed by atoms with Crippen LogP contribution >= 0.6 is 0 Å². The molecule has 0 amide bonds. The highest BCUT2D eigenvalue weighted by atomic mass is 32.2. The van der Waals surface area contributed by atoms with E-state index in [0.29, 0.717) is 27.9 Å². The minimum Gasteiger partial charge on any atom is -0.382 e. The minimum absolute atomic E-state index is 0. The van der Waals surface area contributed by atoms with Crippen molar-refractivity contribution < 1.29 is 14.2 Å². The number of aromatic nitrogens is 2. The van der Waals surface area contributed by atoms with Gasteiger partial charge in [-0.2, -0.15) is 0 Å². The second-order valence-corrected chi connectivity index (χ2v) is 8.21. The van der Waals surface area contributed by atoms with Crippen LogP contribution in [-0.4, -0.2) is 24.1 Å². The molecule has 5 nitrogen and oxygen atoms in total. The van der Waals surface area contributed by atoms with Crippen molar-refractivity contribution in [2.24, 2.45) is 0 Å². The SMILES string of the molecule is CCS(=O)(=O)Cc1ccccc1-c1ccc(-c2cnc(N)cn2)c(F)c1.[H+]. The Balaban J connectivity index is 0.00000261. The Morgan fingerprint density at radius 2 is 1.85 bits per heavy atom. The van der Waals surface area contributed by atoms with E-state index in [1.165, 1.54) is 18.5 Å². The third kappa shape index (κ3) is 3.88. The maximum Gasteiger partial charge on any atom is 1.00 e. The van der Waals surface area contributed by atoms with Crippen LogP contribution in [0.4, 0.5) is 10.2 Å². The lowest BCUT2D eigenvalue weighted by Gasteiger charge is -2.11. The van der Waals surface area contributed by atoms with Crippen LogP contribution in [0.3, 0.4) is 0 Å². The summed E-state index contributed by atoms with van der Waals surface area (Å²) in [5, 5.41) is 0. The third-order valence-corrected chi connectivity index (χ3v) is 5.69. The Morgan fingerprint density at radius 1 is 1.08 bits per heavy atom. The maximum absolute atomic E-state index is 14.6. The van der Waals surface area contributed by atoms with Crippen molar-refractivity contribution in [3.8, 4) is 22.4 Å². The number of hydrogen-bond acceptors (Lipinski definition) is 5. The van der Waals surface area contributed by atoms with Gasteiger partial charge in [0.05, 0.1) is 23.8 Å². The molecule has 0 aliphatic carbocycles. The fourth-order valence-electron chi connectivity index (χ4n) is 2.63. The minimum atomic E-state index is -3.19. The Hall–Kier alpha value is -2.80. The molecule has 0 unspecified atom stereocenters. The number of hydrogen-bond donors (Lipinski definition) is 1. The zero-order valence-electron chi connectivity index (χ0n) is 15.2. The predicted octanol–water partition coefficient (Wildman–Crippen LogP) is 3.58. The molecule has 0 saturated carbocycles. The topological polar surface area (TPSA) is 85.9 Å². The zero-order valence-corrected chi connectivity index (χ0v) is 15.0. The summed E-state index contributed by atoms with van der Waals surface area (Å²) in [6.07, 6.45) is 2.78. The van der Waals surface area contributed by atoms with Crippen LogP contribution in [0.15, 0.2) is 54.9 Å². The van der Waals surface area contributed by atoms with Gasteiger partial charge in [-0.1, -0.05) is 37.3 Å². The van der Waals surface area contributed by atoms with Gasteiger partial charge in [0.15, 0.2) is 9.84 Å². The first kappa shape index (κ1) is 18.0. The monoisotopic (exact) mass is 372 g/mol. The van der Waals surface area contributed by atoms with Gasteiger partial charge >= 0.3 is 1.43 Å². The normalized spacial score (nSPS) is 11.5. The molecule has 134 valence electrons. The van der Waals surface area contributed by atoms with Crippen LogP contribution in [-0.2, 0) is 15.6 Å². The second-order valence-electron chi connectivity index (χ2n) is 5.85. The molecule has 0 saturated heterocycles. The van der Waals surface area contributed by atoms with E-state index in [4.69, 9.17) is 5.73 Å². The van der Waals surface area contributed by atoms with Gasteiger partial charge in [-0.05, 0) is 28.8 Å². The largest absolute Gasteiger partial charge is 1.00 e. The van der Waals surface area contributed by atoms with Crippen molar-refractivity contribution in [3.63, 3.8) is 0 Å². The summed E-state index contributed by atoms with van der Waals surface area (Å²) >= 11 is 0. The van der Waals surface area contributed by atoms with Gasteiger partial charge < -0.3 is 5.73 Å². The van der Waals surface area contributed by atoms with E-state index in [-0.39, 0.29) is 18.8 Å². The van der Waals surface area contributed by atoms with Crippen LogP contribution in [0.25, 0.3) is 22.4 Å². The lowest BCUT2D eigenvalue weighted by atomic mass is 9.98. The van der Waals surface area contributed by atoms with Gasteiger partial charge in [0.25, 0.3) is 0 Å². The van der Waals surface area contributed by atoms with E-state index in [2.05, 4.69) is 9.97 Å². The van der Waals surface area contributed by atoms with E-state index in [9.17, 15) is 12.8 Å². The van der Waals surface area contributed by atoms with Crippen molar-refractivity contribution in [1.29, 1.82) is 0 Å². The van der Waals surface area contributed by atoms with E-state index in [1.807, 2.05) is 0 Å². The molecule has 1 heterocycles. The summed E-state index contributed by atoms with van der Waals surface area (Å²) in [6.45, 7) is 1.61. The van der Waals surface area contributed by atoms with Crippen LogP contribution in [0.5, 0.6) is 0 Å². The molecule has 2 N–H and O–H groups in total. The highest BCUT2D eigenvalue weighted by Crippen LogP contribution is 2.29. The van der Waals surface area contributed by atoms with Gasteiger partial charge in [0.2, 0.25) is 0 Å². The number of rotatable bonds is 5. The molecule has 0 bridgehead atoms. The summed E-state index contributed by atoms with van der Waals surface area (Å²) in [4.78, 5) is 8.00. The number of nitrogen functional groups attached to an aromatic ring is 1. The summed E-state index contributed by atoms with van der Waals surface area (Å²) in [5.74, 6) is -0.219. The smallest absolute Gasteiger partial charge is 0.382 e. The number of benzene rings is 2. The fraction of sp³-hybridized carbons (Fsp3) is 0.158. The molecule has 2 aromatic carbocycles. The summed E-state index contributed by atoms with van der Waals surface area (Å²) in [6, 6.07) is 11.8. The second kappa shape index (κ2) is 7.21. The molecular formula is C19H19FN3O2S+. The highest BCUT2D eigenvalue weighted by Gasteiger charge is 2.15. The average Bonchev–Trinajstić information content (AvgIpc) is 2.63. The van der Waals surface area contributed by atoms with Crippen molar-refractivity contribution >= 4 is 15.7 Å². The first-order valence-electron chi connectivity index (χ1n) is 8.06. The highest BCUT2D eigenvalue weighted by molar-refractivity contribution is 7.90. The van der Waals surface area contributed by atoms with E-state index >= 15 is 0 Å². The van der Waals surface area contributed by atoms with Gasteiger partial charge in [-0.25, -0.2) is 17.8 Å². The van der Waals surface area contributed by atoms with E-state index in [0.717, 1.165) is 0 Å². The number of sulfone groups is 1. The molecule has 0 aliphatic heterocycles. The summed E-state index contributed by atoms with van der Waals surface area (Å²) < 4.78 is 38.6. The van der Waals surface area contributed by atoms with Crippen LogP contribution in [0, 0.1) is 5.82 Å². The fourth-order valence-corrected chi connectivity index (χ4v) is 3.56. The average molecular weight is 372 g/mol. The molecule has 0 spiro atoms. The summed E-state index contributed by atoms with van der Waals surface area (Å²) in [7, 11) is -3.19.